The van der Waals surface area contributed by atoms with E-state index in [-0.39, 0.29) is 17.4 Å². The van der Waals surface area contributed by atoms with Crippen LogP contribution in [0.1, 0.15) is 47.1 Å². The van der Waals surface area contributed by atoms with Crippen LogP contribution < -0.4 is 0 Å². The van der Waals surface area contributed by atoms with Crippen LogP contribution >= 0.6 is 0 Å². The van der Waals surface area contributed by atoms with Crippen molar-refractivity contribution in [2.75, 3.05) is 0 Å². The molecule has 0 N–H and O–H groups in total. The quantitative estimate of drug-likeness (QED) is 0.470. The summed E-state index contributed by atoms with van der Waals surface area (Å²) in [6.45, 7) is 10.8. The molecule has 0 fully saturated rings. The average molecular weight is 329 g/mol. The highest BCUT2D eigenvalue weighted by Gasteiger charge is 2.36. The molecule has 5 heteroatoms. The van der Waals surface area contributed by atoms with Crippen LogP contribution in [-0.4, -0.2) is 17.8 Å². The normalized spacial score (nSPS) is 17.2. The second kappa shape index (κ2) is 6.23. The molecular formula is C19H23NO4. The highest BCUT2D eigenvalue weighted by molar-refractivity contribution is 6.11. The molecular weight excluding hydrogens is 306 g/mol. The summed E-state index contributed by atoms with van der Waals surface area (Å²) in [6.07, 6.45) is 0. The molecule has 0 spiro atoms. The third-order valence-electron chi connectivity index (χ3n) is 3.32. The molecule has 0 aliphatic carbocycles. The number of carbonyl (C=O) groups excluding carboxylic acids is 2. The molecule has 1 aliphatic rings. The summed E-state index contributed by atoms with van der Waals surface area (Å²) in [7, 11) is 0. The van der Waals surface area contributed by atoms with Gasteiger partial charge in [-0.2, -0.15) is 0 Å². The van der Waals surface area contributed by atoms with E-state index in [4.69, 9.17) is 9.47 Å². The van der Waals surface area contributed by atoms with Gasteiger partial charge >= 0.3 is 11.9 Å². The lowest BCUT2D eigenvalue weighted by Crippen LogP contribution is -2.27. The molecule has 1 aliphatic heterocycles. The smallest absolute Gasteiger partial charge is 0.367 e. The first-order chi connectivity index (χ1) is 11.0. The zero-order valence-corrected chi connectivity index (χ0v) is 15.0. The molecule has 5 nitrogen and oxygen atoms in total. The first-order valence-corrected chi connectivity index (χ1v) is 7.83. The summed E-state index contributed by atoms with van der Waals surface area (Å²) >= 11 is 0. The van der Waals surface area contributed by atoms with Crippen molar-refractivity contribution in [3.63, 3.8) is 0 Å². The van der Waals surface area contributed by atoms with Crippen molar-refractivity contribution in [3.05, 3.63) is 47.4 Å². The Kier molecular flexibility index (Phi) is 4.65. The number of hydrogen-bond acceptors (Lipinski definition) is 5. The Bertz CT molecular complexity index is 716. The second-order valence-corrected chi connectivity index (χ2v) is 7.74. The number of benzene rings is 1. The maximum atomic E-state index is 12.3. The first kappa shape index (κ1) is 17.9. The van der Waals surface area contributed by atoms with E-state index in [0.29, 0.717) is 5.56 Å². The third kappa shape index (κ3) is 3.91. The molecule has 0 unspecified atom stereocenters. The Balaban J connectivity index is 2.48. The zero-order valence-electron chi connectivity index (χ0n) is 15.0. The minimum absolute atomic E-state index is 0.0407. The number of nitrogens with zero attached hydrogens (tertiary/aromatic N) is 1. The first-order valence-electron chi connectivity index (χ1n) is 7.83. The van der Waals surface area contributed by atoms with E-state index in [1.807, 2.05) is 39.0 Å². The molecule has 0 amide bonds. The maximum absolute atomic E-state index is 12.3. The maximum Gasteiger partial charge on any atom is 0.367 e. The van der Waals surface area contributed by atoms with Gasteiger partial charge in [0, 0.05) is 11.0 Å². The fourth-order valence-electron chi connectivity index (χ4n) is 1.96. The van der Waals surface area contributed by atoms with Crippen molar-refractivity contribution in [1.29, 1.82) is 0 Å². The van der Waals surface area contributed by atoms with Crippen molar-refractivity contribution in [3.8, 4) is 0 Å². The van der Waals surface area contributed by atoms with Gasteiger partial charge in [0.25, 0.3) is 0 Å². The van der Waals surface area contributed by atoms with Crippen molar-refractivity contribution < 1.29 is 19.1 Å². The molecule has 24 heavy (non-hydrogen) atoms. The molecule has 0 aromatic heterocycles. The van der Waals surface area contributed by atoms with Crippen LogP contribution in [0.15, 0.2) is 46.8 Å². The van der Waals surface area contributed by atoms with Crippen molar-refractivity contribution in [1.82, 2.24) is 0 Å². The molecule has 0 bridgehead atoms. The lowest BCUT2D eigenvalue weighted by Gasteiger charge is -2.25. The number of hydrogen-bond donors (Lipinski definition) is 0. The van der Waals surface area contributed by atoms with E-state index in [0.717, 1.165) is 0 Å². The van der Waals surface area contributed by atoms with Crippen LogP contribution in [-0.2, 0) is 19.1 Å². The molecule has 0 saturated heterocycles. The fraction of sp³-hybridized carbons (Fsp3) is 0.421. The number of cyclic esters (lactones) is 1. The third-order valence-corrected chi connectivity index (χ3v) is 3.32. The predicted octanol–water partition coefficient (Wildman–Crippen LogP) is 3.84. The van der Waals surface area contributed by atoms with Crippen LogP contribution in [0.3, 0.4) is 0 Å². The van der Waals surface area contributed by atoms with Crippen LogP contribution in [0, 0.1) is 10.8 Å². The SMILES string of the molecule is CC(C)(C)C(=O)O/C(=C1/N=C(c2ccccc2)OC1=O)C(C)(C)C. The van der Waals surface area contributed by atoms with E-state index >= 15 is 0 Å². The second-order valence-electron chi connectivity index (χ2n) is 7.74. The van der Waals surface area contributed by atoms with Gasteiger partial charge < -0.3 is 9.47 Å². The summed E-state index contributed by atoms with van der Waals surface area (Å²) in [6, 6.07) is 9.12. The Morgan fingerprint density at radius 3 is 2.08 bits per heavy atom. The van der Waals surface area contributed by atoms with Crippen molar-refractivity contribution in [2.45, 2.75) is 41.5 Å². The number of allylic oxidation sites excluding steroid dienone is 1. The number of carbonyl (C=O) groups is 2. The predicted molar refractivity (Wildman–Crippen MR) is 91.1 cm³/mol. The van der Waals surface area contributed by atoms with E-state index in [9.17, 15) is 9.59 Å². The Hall–Kier alpha value is -2.43. The van der Waals surface area contributed by atoms with Gasteiger partial charge in [-0.25, -0.2) is 9.79 Å². The molecule has 0 radical (unpaired) electrons. The van der Waals surface area contributed by atoms with E-state index in [1.165, 1.54) is 0 Å². The van der Waals surface area contributed by atoms with Crippen molar-refractivity contribution in [2.24, 2.45) is 15.8 Å². The summed E-state index contributed by atoms with van der Waals surface area (Å²) in [4.78, 5) is 28.9. The zero-order chi connectivity index (χ0) is 18.1. The fourth-order valence-corrected chi connectivity index (χ4v) is 1.96. The van der Waals surface area contributed by atoms with Gasteiger partial charge in [-0.05, 0) is 32.9 Å². The lowest BCUT2D eigenvalue weighted by atomic mass is 9.91. The largest absolute Gasteiger partial charge is 0.428 e. The average Bonchev–Trinajstić information content (AvgIpc) is 2.85. The molecule has 0 atom stereocenters. The van der Waals surface area contributed by atoms with Gasteiger partial charge in [0.05, 0.1) is 5.41 Å². The van der Waals surface area contributed by atoms with Crippen LogP contribution in [0.2, 0.25) is 0 Å². The topological polar surface area (TPSA) is 65.0 Å². The van der Waals surface area contributed by atoms with Crippen molar-refractivity contribution >= 4 is 17.8 Å². The molecule has 128 valence electrons. The standard InChI is InChI=1S/C19H23NO4/c1-18(2,3)14(23-17(22)19(4,5)6)13-16(21)24-15(20-13)12-10-8-7-9-11-12/h7-11H,1-6H3/b14-13+. The molecule has 2 rings (SSSR count). The summed E-state index contributed by atoms with van der Waals surface area (Å²) in [5.74, 6) is -0.598. The highest BCUT2D eigenvalue weighted by Crippen LogP contribution is 2.34. The van der Waals surface area contributed by atoms with Gasteiger partial charge in [-0.1, -0.05) is 39.0 Å². The van der Waals surface area contributed by atoms with E-state index in [2.05, 4.69) is 4.99 Å². The van der Waals surface area contributed by atoms with Crippen LogP contribution in [0.25, 0.3) is 0 Å². The molecule has 0 saturated carbocycles. The number of esters is 2. The molecule has 1 aromatic carbocycles. The minimum Gasteiger partial charge on any atom is -0.428 e. The minimum atomic E-state index is -0.689. The summed E-state index contributed by atoms with van der Waals surface area (Å²) in [5, 5.41) is 0. The number of aliphatic imine (C=N–C) groups is 1. The summed E-state index contributed by atoms with van der Waals surface area (Å²) in [5.41, 5.74) is -0.536. The summed E-state index contributed by atoms with van der Waals surface area (Å²) < 4.78 is 10.8. The van der Waals surface area contributed by atoms with Gasteiger partial charge in [0.2, 0.25) is 5.90 Å². The van der Waals surface area contributed by atoms with Crippen LogP contribution in [0.5, 0.6) is 0 Å². The number of rotatable bonds is 2. The van der Waals surface area contributed by atoms with Gasteiger partial charge in [0.15, 0.2) is 5.70 Å². The highest BCUT2D eigenvalue weighted by atomic mass is 16.6. The van der Waals surface area contributed by atoms with Gasteiger partial charge in [-0.3, -0.25) is 4.79 Å². The Labute approximate surface area is 142 Å². The van der Waals surface area contributed by atoms with Gasteiger partial charge in [-0.15, -0.1) is 0 Å². The number of ether oxygens (including phenoxy) is 2. The molecule has 1 heterocycles. The van der Waals surface area contributed by atoms with Gasteiger partial charge in [0.1, 0.15) is 5.76 Å². The van der Waals surface area contributed by atoms with E-state index in [1.54, 1.807) is 32.9 Å². The Morgan fingerprint density at radius 2 is 1.58 bits per heavy atom. The van der Waals surface area contributed by atoms with E-state index < -0.39 is 22.8 Å². The Morgan fingerprint density at radius 1 is 1.00 bits per heavy atom. The monoisotopic (exact) mass is 329 g/mol. The molecule has 1 aromatic rings. The lowest BCUT2D eigenvalue weighted by molar-refractivity contribution is -0.150. The van der Waals surface area contributed by atoms with Crippen LogP contribution in [0.4, 0.5) is 0 Å².